The average Bonchev–Trinajstić information content (AvgIpc) is 2.75. The molecule has 1 aliphatic carbocycles. The summed E-state index contributed by atoms with van der Waals surface area (Å²) in [5, 5.41) is 10.4. The average molecular weight is 266 g/mol. The molecule has 0 aliphatic heterocycles. The van der Waals surface area contributed by atoms with Crippen molar-refractivity contribution in [2.75, 3.05) is 18.5 Å². The van der Waals surface area contributed by atoms with Crippen molar-refractivity contribution in [3.8, 4) is 0 Å². The van der Waals surface area contributed by atoms with Crippen LogP contribution in [0.3, 0.4) is 0 Å². The molecular formula is C15H23FN2O. The minimum Gasteiger partial charge on any atom is -0.388 e. The number of halogens is 1. The maximum atomic E-state index is 14.1. The van der Waals surface area contributed by atoms with Crippen LogP contribution in [-0.4, -0.2) is 24.3 Å². The standard InChI is InChI=1S/C15H23FN2O/c1-11(17)12-5-6-14(13(16)9-12)18(2)10-15(19)7-3-4-8-15/h5-6,9,11,19H,3-4,7-8,10,17H2,1-2H3/t11-/m0/s1. The zero-order valence-electron chi connectivity index (χ0n) is 11.7. The third-order valence-electron chi connectivity index (χ3n) is 3.97. The Bertz CT molecular complexity index is 442. The number of aliphatic hydroxyl groups is 1. The Labute approximate surface area is 114 Å². The monoisotopic (exact) mass is 266 g/mol. The maximum absolute atomic E-state index is 14.1. The van der Waals surface area contributed by atoms with Gasteiger partial charge in [-0.1, -0.05) is 18.9 Å². The van der Waals surface area contributed by atoms with Crippen molar-refractivity contribution in [2.45, 2.75) is 44.2 Å². The first-order chi connectivity index (χ1) is 8.91. The molecule has 1 aliphatic rings. The first-order valence-corrected chi connectivity index (χ1v) is 6.90. The third-order valence-corrected chi connectivity index (χ3v) is 3.97. The predicted molar refractivity (Wildman–Crippen MR) is 75.7 cm³/mol. The molecule has 0 amide bonds. The molecule has 2 rings (SSSR count). The summed E-state index contributed by atoms with van der Waals surface area (Å²) in [5.41, 5.74) is 6.38. The number of hydrogen-bond acceptors (Lipinski definition) is 3. The van der Waals surface area contributed by atoms with Gasteiger partial charge < -0.3 is 15.7 Å². The van der Waals surface area contributed by atoms with Crippen molar-refractivity contribution in [1.82, 2.24) is 0 Å². The van der Waals surface area contributed by atoms with E-state index in [0.29, 0.717) is 12.2 Å². The summed E-state index contributed by atoms with van der Waals surface area (Å²) in [4.78, 5) is 1.80. The molecule has 0 bridgehead atoms. The number of nitrogens with two attached hydrogens (primary N) is 1. The van der Waals surface area contributed by atoms with E-state index in [4.69, 9.17) is 5.73 Å². The Kier molecular flexibility index (Phi) is 4.11. The second kappa shape index (κ2) is 5.47. The molecule has 0 radical (unpaired) electrons. The third kappa shape index (κ3) is 3.25. The molecule has 0 heterocycles. The fourth-order valence-corrected chi connectivity index (χ4v) is 2.83. The molecule has 0 aromatic heterocycles. The van der Waals surface area contributed by atoms with Crippen LogP contribution in [0.25, 0.3) is 0 Å². The van der Waals surface area contributed by atoms with Crippen molar-refractivity contribution < 1.29 is 9.50 Å². The van der Waals surface area contributed by atoms with Gasteiger partial charge >= 0.3 is 0 Å². The maximum Gasteiger partial charge on any atom is 0.146 e. The second-order valence-electron chi connectivity index (χ2n) is 5.79. The Hall–Kier alpha value is -1.13. The number of likely N-dealkylation sites (N-methyl/N-ethyl adjacent to an activating group) is 1. The first kappa shape index (κ1) is 14.3. The lowest BCUT2D eigenvalue weighted by Gasteiger charge is -2.30. The summed E-state index contributed by atoms with van der Waals surface area (Å²) in [6, 6.07) is 4.90. The Morgan fingerprint density at radius 3 is 2.58 bits per heavy atom. The summed E-state index contributed by atoms with van der Waals surface area (Å²) < 4.78 is 14.1. The van der Waals surface area contributed by atoms with Gasteiger partial charge in [-0.15, -0.1) is 0 Å². The van der Waals surface area contributed by atoms with Crippen molar-refractivity contribution in [3.05, 3.63) is 29.6 Å². The lowest BCUT2D eigenvalue weighted by molar-refractivity contribution is 0.0558. The van der Waals surface area contributed by atoms with Crippen LogP contribution in [0.15, 0.2) is 18.2 Å². The molecule has 106 valence electrons. The quantitative estimate of drug-likeness (QED) is 0.880. The highest BCUT2D eigenvalue weighted by molar-refractivity contribution is 5.49. The van der Waals surface area contributed by atoms with Crippen LogP contribution in [0.5, 0.6) is 0 Å². The Balaban J connectivity index is 2.12. The van der Waals surface area contributed by atoms with Gasteiger partial charge in [-0.25, -0.2) is 4.39 Å². The van der Waals surface area contributed by atoms with Gasteiger partial charge in [0, 0.05) is 19.6 Å². The molecule has 1 saturated carbocycles. The van der Waals surface area contributed by atoms with Gasteiger partial charge in [-0.3, -0.25) is 0 Å². The Morgan fingerprint density at radius 1 is 1.42 bits per heavy atom. The van der Waals surface area contributed by atoms with Crippen LogP contribution in [-0.2, 0) is 0 Å². The fraction of sp³-hybridized carbons (Fsp3) is 0.600. The minimum absolute atomic E-state index is 0.173. The van der Waals surface area contributed by atoms with E-state index >= 15 is 0 Å². The van der Waals surface area contributed by atoms with Gasteiger partial charge in [0.2, 0.25) is 0 Å². The van der Waals surface area contributed by atoms with Crippen molar-refractivity contribution in [2.24, 2.45) is 5.73 Å². The highest BCUT2D eigenvalue weighted by atomic mass is 19.1. The van der Waals surface area contributed by atoms with E-state index in [9.17, 15) is 9.50 Å². The van der Waals surface area contributed by atoms with Gasteiger partial charge in [0.1, 0.15) is 5.82 Å². The lowest BCUT2D eigenvalue weighted by Crippen LogP contribution is -2.39. The van der Waals surface area contributed by atoms with Gasteiger partial charge in [0.05, 0.1) is 11.3 Å². The molecular weight excluding hydrogens is 243 g/mol. The van der Waals surface area contributed by atoms with Gasteiger partial charge in [0.25, 0.3) is 0 Å². The smallest absolute Gasteiger partial charge is 0.146 e. The summed E-state index contributed by atoms with van der Waals surface area (Å²) in [7, 11) is 1.82. The molecule has 4 heteroatoms. The zero-order valence-corrected chi connectivity index (χ0v) is 11.7. The van der Waals surface area contributed by atoms with E-state index in [2.05, 4.69) is 0 Å². The molecule has 1 atom stereocenters. The molecule has 0 unspecified atom stereocenters. The number of nitrogens with zero attached hydrogens (tertiary/aromatic N) is 1. The number of anilines is 1. The van der Waals surface area contributed by atoms with Crippen LogP contribution in [0.2, 0.25) is 0 Å². The van der Waals surface area contributed by atoms with E-state index in [1.165, 1.54) is 6.07 Å². The van der Waals surface area contributed by atoms with Crippen molar-refractivity contribution in [1.29, 1.82) is 0 Å². The molecule has 3 N–H and O–H groups in total. The molecule has 1 aromatic carbocycles. The van der Waals surface area contributed by atoms with E-state index in [1.54, 1.807) is 11.0 Å². The number of hydrogen-bond donors (Lipinski definition) is 2. The van der Waals surface area contributed by atoms with E-state index in [1.807, 2.05) is 20.0 Å². The molecule has 1 aromatic rings. The van der Waals surface area contributed by atoms with Crippen molar-refractivity contribution in [3.63, 3.8) is 0 Å². The van der Waals surface area contributed by atoms with Crippen LogP contribution in [0.1, 0.15) is 44.2 Å². The summed E-state index contributed by atoms with van der Waals surface area (Å²) >= 11 is 0. The van der Waals surface area contributed by atoms with Gasteiger partial charge in [-0.05, 0) is 37.5 Å². The summed E-state index contributed by atoms with van der Waals surface area (Å²) in [5.74, 6) is -0.279. The molecule has 1 fully saturated rings. The van der Waals surface area contributed by atoms with Crippen LogP contribution < -0.4 is 10.6 Å². The van der Waals surface area contributed by atoms with Crippen LogP contribution in [0.4, 0.5) is 10.1 Å². The van der Waals surface area contributed by atoms with Gasteiger partial charge in [-0.2, -0.15) is 0 Å². The lowest BCUT2D eigenvalue weighted by atomic mass is 10.0. The fourth-order valence-electron chi connectivity index (χ4n) is 2.83. The molecule has 0 saturated heterocycles. The minimum atomic E-state index is -0.666. The van der Waals surface area contributed by atoms with Crippen LogP contribution >= 0.6 is 0 Å². The molecule has 19 heavy (non-hydrogen) atoms. The van der Waals surface area contributed by atoms with Crippen molar-refractivity contribution >= 4 is 5.69 Å². The van der Waals surface area contributed by atoms with E-state index < -0.39 is 5.60 Å². The highest BCUT2D eigenvalue weighted by Gasteiger charge is 2.32. The Morgan fingerprint density at radius 2 is 2.05 bits per heavy atom. The number of rotatable bonds is 4. The molecule has 3 nitrogen and oxygen atoms in total. The zero-order chi connectivity index (χ0) is 14.0. The largest absolute Gasteiger partial charge is 0.388 e. The SMILES string of the molecule is C[C@H](N)c1ccc(N(C)CC2(O)CCCC2)c(F)c1. The summed E-state index contributed by atoms with van der Waals surface area (Å²) in [6.45, 7) is 2.31. The van der Waals surface area contributed by atoms with Crippen LogP contribution in [0, 0.1) is 5.82 Å². The first-order valence-electron chi connectivity index (χ1n) is 6.90. The van der Waals surface area contributed by atoms with Gasteiger partial charge in [0.15, 0.2) is 0 Å². The number of benzene rings is 1. The second-order valence-corrected chi connectivity index (χ2v) is 5.79. The van der Waals surface area contributed by atoms with E-state index in [0.717, 1.165) is 31.2 Å². The van der Waals surface area contributed by atoms with E-state index in [-0.39, 0.29) is 11.9 Å². The summed E-state index contributed by atoms with van der Waals surface area (Å²) in [6.07, 6.45) is 3.71. The molecule has 0 spiro atoms. The normalized spacial score (nSPS) is 19.4. The predicted octanol–water partition coefficient (Wildman–Crippen LogP) is 2.59. The highest BCUT2D eigenvalue weighted by Crippen LogP contribution is 2.32. The topological polar surface area (TPSA) is 49.5 Å².